The first-order valence-electron chi connectivity index (χ1n) is 7.55. The molecule has 1 heterocycles. The highest BCUT2D eigenvalue weighted by Gasteiger charge is 2.13. The lowest BCUT2D eigenvalue weighted by Gasteiger charge is -2.23. The van der Waals surface area contributed by atoms with E-state index in [9.17, 15) is 4.79 Å². The summed E-state index contributed by atoms with van der Waals surface area (Å²) in [7, 11) is 0. The van der Waals surface area contributed by atoms with Gasteiger partial charge in [0.25, 0.3) is 0 Å². The fraction of sp³-hybridized carbons (Fsp3) is 0.562. The highest BCUT2D eigenvalue weighted by molar-refractivity contribution is 7.99. The van der Waals surface area contributed by atoms with Gasteiger partial charge in [0.15, 0.2) is 0 Å². The lowest BCUT2D eigenvalue weighted by molar-refractivity contribution is -0.906. The van der Waals surface area contributed by atoms with Gasteiger partial charge in [-0.1, -0.05) is 29.8 Å². The number of morpholine rings is 1. The molecule has 2 N–H and O–H groups in total. The molecule has 21 heavy (non-hydrogen) atoms. The van der Waals surface area contributed by atoms with Crippen LogP contribution in [0, 0.1) is 6.92 Å². The molecule has 0 radical (unpaired) electrons. The van der Waals surface area contributed by atoms with Crippen LogP contribution in [0.15, 0.2) is 24.3 Å². The van der Waals surface area contributed by atoms with Crippen molar-refractivity contribution in [3.05, 3.63) is 35.4 Å². The molecule has 2 rings (SSSR count). The number of benzene rings is 1. The van der Waals surface area contributed by atoms with Gasteiger partial charge in [-0.25, -0.2) is 0 Å². The maximum atomic E-state index is 11.8. The van der Waals surface area contributed by atoms with Crippen molar-refractivity contribution >= 4 is 17.7 Å². The zero-order chi connectivity index (χ0) is 14.9. The Bertz CT molecular complexity index is 430. The van der Waals surface area contributed by atoms with E-state index < -0.39 is 0 Å². The Morgan fingerprint density at radius 3 is 2.71 bits per heavy atom. The monoisotopic (exact) mass is 309 g/mol. The smallest absolute Gasteiger partial charge is 0.230 e. The first kappa shape index (κ1) is 16.3. The van der Waals surface area contributed by atoms with Crippen LogP contribution >= 0.6 is 11.8 Å². The number of thioether (sulfide) groups is 1. The maximum Gasteiger partial charge on any atom is 0.230 e. The average molecular weight is 309 g/mol. The summed E-state index contributed by atoms with van der Waals surface area (Å²) in [6.07, 6.45) is 0. The van der Waals surface area contributed by atoms with Crippen LogP contribution in [-0.2, 0) is 15.3 Å². The summed E-state index contributed by atoms with van der Waals surface area (Å²) in [6, 6.07) is 8.48. The van der Waals surface area contributed by atoms with Crippen molar-refractivity contribution < 1.29 is 14.4 Å². The quantitative estimate of drug-likeness (QED) is 0.759. The van der Waals surface area contributed by atoms with Gasteiger partial charge in [0.1, 0.15) is 13.1 Å². The summed E-state index contributed by atoms with van der Waals surface area (Å²) in [5.41, 5.74) is 2.54. The predicted molar refractivity (Wildman–Crippen MR) is 86.7 cm³/mol. The Morgan fingerprint density at radius 1 is 1.29 bits per heavy atom. The molecule has 0 unspecified atom stereocenters. The first-order valence-corrected chi connectivity index (χ1v) is 8.71. The third kappa shape index (κ3) is 6.50. The Hall–Kier alpha value is -1.04. The number of quaternary nitrogens is 1. The summed E-state index contributed by atoms with van der Waals surface area (Å²) < 4.78 is 5.32. The van der Waals surface area contributed by atoms with Gasteiger partial charge in [-0.2, -0.15) is 0 Å². The predicted octanol–water partition coefficient (Wildman–Crippen LogP) is 0.260. The van der Waals surface area contributed by atoms with E-state index in [0.717, 1.165) is 45.1 Å². The first-order chi connectivity index (χ1) is 10.2. The third-order valence-electron chi connectivity index (χ3n) is 3.62. The zero-order valence-electron chi connectivity index (χ0n) is 12.7. The molecule has 1 saturated heterocycles. The van der Waals surface area contributed by atoms with Gasteiger partial charge in [0.05, 0.1) is 32.1 Å². The van der Waals surface area contributed by atoms with Gasteiger partial charge in [0.2, 0.25) is 5.91 Å². The summed E-state index contributed by atoms with van der Waals surface area (Å²) in [4.78, 5) is 13.3. The minimum atomic E-state index is 0.139. The third-order valence-corrected chi connectivity index (χ3v) is 4.63. The fourth-order valence-corrected chi connectivity index (χ4v) is 3.10. The molecule has 1 aliphatic heterocycles. The van der Waals surface area contributed by atoms with E-state index in [0.29, 0.717) is 5.75 Å². The van der Waals surface area contributed by atoms with Crippen LogP contribution in [0.5, 0.6) is 0 Å². The van der Waals surface area contributed by atoms with E-state index >= 15 is 0 Å². The van der Waals surface area contributed by atoms with Crippen molar-refractivity contribution in [3.63, 3.8) is 0 Å². The van der Waals surface area contributed by atoms with Crippen LogP contribution in [0.2, 0.25) is 0 Å². The van der Waals surface area contributed by atoms with Crippen LogP contribution in [0.3, 0.4) is 0 Å². The Balaban J connectivity index is 1.54. The van der Waals surface area contributed by atoms with Gasteiger partial charge in [-0.15, -0.1) is 11.8 Å². The number of rotatable bonds is 7. The highest BCUT2D eigenvalue weighted by Crippen LogP contribution is 2.12. The van der Waals surface area contributed by atoms with Crippen LogP contribution in [0.4, 0.5) is 0 Å². The van der Waals surface area contributed by atoms with Gasteiger partial charge in [0, 0.05) is 5.75 Å². The van der Waals surface area contributed by atoms with Crippen LogP contribution in [0.25, 0.3) is 0 Å². The van der Waals surface area contributed by atoms with Gasteiger partial charge < -0.3 is 15.0 Å². The van der Waals surface area contributed by atoms with E-state index in [1.54, 1.807) is 11.8 Å². The molecule has 116 valence electrons. The van der Waals surface area contributed by atoms with Crippen LogP contribution in [-0.4, -0.2) is 51.1 Å². The molecular weight excluding hydrogens is 284 g/mol. The lowest BCUT2D eigenvalue weighted by Crippen LogP contribution is -3.14. The second-order valence-corrected chi connectivity index (χ2v) is 6.43. The number of hydrogen-bond acceptors (Lipinski definition) is 3. The summed E-state index contributed by atoms with van der Waals surface area (Å²) >= 11 is 1.67. The SMILES string of the molecule is Cc1ccc(CSCC(=O)NCC[NH+]2CCOCC2)cc1. The summed E-state index contributed by atoms with van der Waals surface area (Å²) in [5.74, 6) is 1.56. The van der Waals surface area contributed by atoms with Crippen molar-refractivity contribution in [3.8, 4) is 0 Å². The largest absolute Gasteiger partial charge is 0.370 e. The minimum absolute atomic E-state index is 0.139. The number of carbonyl (C=O) groups excluding carboxylic acids is 1. The summed E-state index contributed by atoms with van der Waals surface area (Å²) in [5, 5.41) is 3.00. The van der Waals surface area contributed by atoms with E-state index in [4.69, 9.17) is 4.74 Å². The van der Waals surface area contributed by atoms with Gasteiger partial charge >= 0.3 is 0 Å². The molecule has 0 aliphatic carbocycles. The van der Waals surface area contributed by atoms with Crippen LogP contribution < -0.4 is 10.2 Å². The van der Waals surface area contributed by atoms with Crippen molar-refractivity contribution in [1.29, 1.82) is 0 Å². The molecule has 0 aromatic heterocycles. The number of carbonyl (C=O) groups is 1. The highest BCUT2D eigenvalue weighted by atomic mass is 32.2. The van der Waals surface area contributed by atoms with Gasteiger partial charge in [-0.3, -0.25) is 4.79 Å². The van der Waals surface area contributed by atoms with E-state index in [1.165, 1.54) is 16.0 Å². The van der Waals surface area contributed by atoms with Crippen molar-refractivity contribution in [2.45, 2.75) is 12.7 Å². The summed E-state index contributed by atoms with van der Waals surface area (Å²) in [6.45, 7) is 7.64. The van der Waals surface area contributed by atoms with Crippen LogP contribution in [0.1, 0.15) is 11.1 Å². The average Bonchev–Trinajstić information content (AvgIpc) is 2.50. The Kier molecular flexibility index (Phi) is 7.06. The molecule has 1 amide bonds. The van der Waals surface area contributed by atoms with E-state index in [1.807, 2.05) is 0 Å². The number of ether oxygens (including phenoxy) is 1. The van der Waals surface area contributed by atoms with E-state index in [-0.39, 0.29) is 5.91 Å². The Morgan fingerprint density at radius 2 is 2.00 bits per heavy atom. The number of aryl methyl sites for hydroxylation is 1. The molecule has 4 nitrogen and oxygen atoms in total. The minimum Gasteiger partial charge on any atom is -0.370 e. The molecule has 0 spiro atoms. The van der Waals surface area contributed by atoms with Crippen molar-refractivity contribution in [1.82, 2.24) is 5.32 Å². The lowest BCUT2D eigenvalue weighted by atomic mass is 10.2. The molecule has 5 heteroatoms. The molecule has 1 aliphatic rings. The van der Waals surface area contributed by atoms with Crippen molar-refractivity contribution in [2.75, 3.05) is 45.1 Å². The molecule has 0 saturated carbocycles. The molecule has 0 bridgehead atoms. The number of amides is 1. The Labute approximate surface area is 131 Å². The standard InChI is InChI=1S/C16H24N2O2S/c1-14-2-4-15(5-3-14)12-21-13-16(19)17-6-7-18-8-10-20-11-9-18/h2-5H,6-13H2,1H3,(H,17,19)/p+1. The second kappa shape index (κ2) is 9.07. The zero-order valence-corrected chi connectivity index (χ0v) is 13.5. The molecule has 1 fully saturated rings. The molecular formula is C16H25N2O2S+. The van der Waals surface area contributed by atoms with Gasteiger partial charge in [-0.05, 0) is 12.5 Å². The molecule has 1 aromatic carbocycles. The second-order valence-electron chi connectivity index (χ2n) is 5.44. The maximum absolute atomic E-state index is 11.8. The normalized spacial score (nSPS) is 15.9. The molecule has 1 aromatic rings. The fourth-order valence-electron chi connectivity index (χ4n) is 2.29. The van der Waals surface area contributed by atoms with E-state index in [2.05, 4.69) is 36.5 Å². The number of nitrogens with one attached hydrogen (secondary N) is 2. The van der Waals surface area contributed by atoms with Crippen molar-refractivity contribution in [2.24, 2.45) is 0 Å². The number of hydrogen-bond donors (Lipinski definition) is 2. The topological polar surface area (TPSA) is 42.8 Å². The molecule has 0 atom stereocenters.